The van der Waals surface area contributed by atoms with Gasteiger partial charge in [0, 0.05) is 19.3 Å². The van der Waals surface area contributed by atoms with Crippen LogP contribution in [0.25, 0.3) is 0 Å². The topological polar surface area (TPSA) is 78.9 Å². The van der Waals surface area contributed by atoms with Crippen LogP contribution in [0.3, 0.4) is 0 Å². The largest absolute Gasteiger partial charge is 0.462 e. The van der Waals surface area contributed by atoms with E-state index in [0.717, 1.165) is 69.6 Å². The molecule has 0 aliphatic carbocycles. The van der Waals surface area contributed by atoms with Gasteiger partial charge in [0.05, 0.1) is 0 Å². The number of ether oxygens (including phenoxy) is 3. The zero-order valence-corrected chi connectivity index (χ0v) is 46.7. The molecule has 0 saturated carbocycles. The van der Waals surface area contributed by atoms with E-state index < -0.39 is 6.10 Å². The van der Waals surface area contributed by atoms with Crippen molar-refractivity contribution in [2.45, 2.75) is 355 Å². The van der Waals surface area contributed by atoms with Crippen LogP contribution in [-0.4, -0.2) is 37.2 Å². The zero-order valence-electron chi connectivity index (χ0n) is 46.7. The van der Waals surface area contributed by atoms with E-state index in [4.69, 9.17) is 14.2 Å². The number of rotatable bonds is 56. The Hall–Kier alpha value is -1.59. The molecule has 1 atom stereocenters. The van der Waals surface area contributed by atoms with Gasteiger partial charge in [0.2, 0.25) is 0 Å². The van der Waals surface area contributed by atoms with Crippen molar-refractivity contribution in [3.05, 3.63) is 0 Å². The Morgan fingerprint density at radius 1 is 0.279 bits per heavy atom. The molecule has 0 amide bonds. The van der Waals surface area contributed by atoms with Crippen molar-refractivity contribution >= 4 is 17.9 Å². The summed E-state index contributed by atoms with van der Waals surface area (Å²) in [6.45, 7) is 11.4. The minimum absolute atomic E-state index is 0.0627. The van der Waals surface area contributed by atoms with E-state index in [1.165, 1.54) is 238 Å². The predicted molar refractivity (Wildman–Crippen MR) is 293 cm³/mol. The maximum atomic E-state index is 12.9. The van der Waals surface area contributed by atoms with E-state index >= 15 is 0 Å². The molecule has 404 valence electrons. The Balaban J connectivity index is 4.22. The first kappa shape index (κ1) is 66.4. The third kappa shape index (κ3) is 55.3. The van der Waals surface area contributed by atoms with Crippen LogP contribution in [0.5, 0.6) is 0 Å². The standard InChI is InChI=1S/C62H120O6/c1-6-7-8-9-10-11-12-13-14-15-19-23-26-29-32-39-44-49-54-62(65)68-59(56-67-61(64)53-48-43-38-34-33-36-41-46-51-58(4)5)55-66-60(63)52-47-42-37-31-28-25-22-20-17-16-18-21-24-27-30-35-40-45-50-57(2)3/h57-59H,6-56H2,1-5H3/t59-/m1/s1. The van der Waals surface area contributed by atoms with Crippen molar-refractivity contribution < 1.29 is 28.6 Å². The molecule has 0 unspecified atom stereocenters. The lowest BCUT2D eigenvalue weighted by atomic mass is 10.0. The highest BCUT2D eigenvalue weighted by Crippen LogP contribution is 2.19. The van der Waals surface area contributed by atoms with E-state index in [-0.39, 0.29) is 31.1 Å². The first-order valence-electron chi connectivity index (χ1n) is 30.7. The normalized spacial score (nSPS) is 12.0. The second kappa shape index (κ2) is 54.7. The van der Waals surface area contributed by atoms with Gasteiger partial charge in [0.1, 0.15) is 13.2 Å². The monoisotopic (exact) mass is 961 g/mol. The molecule has 0 bridgehead atoms. The quantitative estimate of drug-likeness (QED) is 0.0343. The molecule has 0 fully saturated rings. The summed E-state index contributed by atoms with van der Waals surface area (Å²) in [5.41, 5.74) is 0. The SMILES string of the molecule is CCCCCCCCCCCCCCCCCCCCC(=O)O[C@H](COC(=O)CCCCCCCCCCCCCCCCCCCCC(C)C)COC(=O)CCCCCCCCCCC(C)C. The van der Waals surface area contributed by atoms with E-state index in [9.17, 15) is 14.4 Å². The third-order valence-electron chi connectivity index (χ3n) is 14.2. The molecule has 0 aromatic rings. The van der Waals surface area contributed by atoms with Crippen LogP contribution in [0, 0.1) is 11.8 Å². The summed E-state index contributed by atoms with van der Waals surface area (Å²) in [7, 11) is 0. The molecule has 0 aromatic heterocycles. The molecule has 0 radical (unpaired) electrons. The highest BCUT2D eigenvalue weighted by molar-refractivity contribution is 5.71. The van der Waals surface area contributed by atoms with Gasteiger partial charge in [-0.25, -0.2) is 0 Å². The van der Waals surface area contributed by atoms with E-state index in [2.05, 4.69) is 34.6 Å². The highest BCUT2D eigenvalue weighted by Gasteiger charge is 2.19. The summed E-state index contributed by atoms with van der Waals surface area (Å²) in [6, 6.07) is 0. The number of hydrogen-bond acceptors (Lipinski definition) is 6. The van der Waals surface area contributed by atoms with Crippen molar-refractivity contribution in [3.63, 3.8) is 0 Å². The average molecular weight is 962 g/mol. The predicted octanol–water partition coefficient (Wildman–Crippen LogP) is 20.4. The van der Waals surface area contributed by atoms with Gasteiger partial charge >= 0.3 is 17.9 Å². The van der Waals surface area contributed by atoms with Gasteiger partial charge in [-0.3, -0.25) is 14.4 Å². The lowest BCUT2D eigenvalue weighted by molar-refractivity contribution is -0.167. The van der Waals surface area contributed by atoms with E-state index in [1.54, 1.807) is 0 Å². The molecule has 0 aliphatic heterocycles. The van der Waals surface area contributed by atoms with Crippen LogP contribution in [0.4, 0.5) is 0 Å². The minimum Gasteiger partial charge on any atom is -0.462 e. The molecule has 0 spiro atoms. The van der Waals surface area contributed by atoms with Crippen molar-refractivity contribution in [1.82, 2.24) is 0 Å². The summed E-state index contributed by atoms with van der Waals surface area (Å²) in [5.74, 6) is 0.818. The van der Waals surface area contributed by atoms with Crippen LogP contribution < -0.4 is 0 Å². The Kier molecular flexibility index (Phi) is 53.5. The molecule has 0 heterocycles. The van der Waals surface area contributed by atoms with Crippen LogP contribution in [0.2, 0.25) is 0 Å². The zero-order chi connectivity index (χ0) is 49.6. The molecular weight excluding hydrogens is 841 g/mol. The van der Waals surface area contributed by atoms with Gasteiger partial charge < -0.3 is 14.2 Å². The number of unbranched alkanes of at least 4 members (excludes halogenated alkanes) is 41. The second-order valence-corrected chi connectivity index (χ2v) is 22.3. The Labute approximate surface area is 425 Å². The fourth-order valence-corrected chi connectivity index (χ4v) is 9.58. The van der Waals surface area contributed by atoms with Gasteiger partial charge in [-0.05, 0) is 31.1 Å². The van der Waals surface area contributed by atoms with E-state index in [1.807, 2.05) is 0 Å². The molecular formula is C62H120O6. The fraction of sp³-hybridized carbons (Fsp3) is 0.952. The van der Waals surface area contributed by atoms with Crippen molar-refractivity contribution in [2.75, 3.05) is 13.2 Å². The summed E-state index contributed by atoms with van der Waals surface area (Å²) >= 11 is 0. The maximum Gasteiger partial charge on any atom is 0.306 e. The van der Waals surface area contributed by atoms with Crippen LogP contribution in [0.15, 0.2) is 0 Å². The molecule has 0 saturated heterocycles. The van der Waals surface area contributed by atoms with Crippen molar-refractivity contribution in [2.24, 2.45) is 11.8 Å². The molecule has 68 heavy (non-hydrogen) atoms. The van der Waals surface area contributed by atoms with Crippen LogP contribution in [-0.2, 0) is 28.6 Å². The summed E-state index contributed by atoms with van der Waals surface area (Å²) in [6.07, 6.45) is 59.7. The Bertz CT molecular complexity index is 1040. The van der Waals surface area contributed by atoms with Crippen LogP contribution >= 0.6 is 0 Å². The second-order valence-electron chi connectivity index (χ2n) is 22.3. The molecule has 0 rings (SSSR count). The van der Waals surface area contributed by atoms with Gasteiger partial charge in [-0.15, -0.1) is 0 Å². The van der Waals surface area contributed by atoms with Gasteiger partial charge in [-0.1, -0.05) is 311 Å². The Morgan fingerprint density at radius 2 is 0.485 bits per heavy atom. The first-order chi connectivity index (χ1) is 33.2. The number of carbonyl (C=O) groups excluding carboxylic acids is 3. The summed E-state index contributed by atoms with van der Waals surface area (Å²) in [4.78, 5) is 38.2. The molecule has 6 heteroatoms. The molecule has 0 aliphatic rings. The van der Waals surface area contributed by atoms with E-state index in [0.29, 0.717) is 19.3 Å². The summed E-state index contributed by atoms with van der Waals surface area (Å²) < 4.78 is 16.9. The average Bonchev–Trinajstić information content (AvgIpc) is 3.31. The summed E-state index contributed by atoms with van der Waals surface area (Å²) in [5, 5.41) is 0. The highest BCUT2D eigenvalue weighted by atomic mass is 16.6. The molecule has 0 N–H and O–H groups in total. The maximum absolute atomic E-state index is 12.9. The molecule has 6 nitrogen and oxygen atoms in total. The minimum atomic E-state index is -0.763. The van der Waals surface area contributed by atoms with Crippen molar-refractivity contribution in [3.8, 4) is 0 Å². The smallest absolute Gasteiger partial charge is 0.306 e. The lowest BCUT2D eigenvalue weighted by Crippen LogP contribution is -2.30. The lowest BCUT2D eigenvalue weighted by Gasteiger charge is -2.18. The Morgan fingerprint density at radius 3 is 0.721 bits per heavy atom. The third-order valence-corrected chi connectivity index (χ3v) is 14.2. The first-order valence-corrected chi connectivity index (χ1v) is 30.7. The molecule has 0 aromatic carbocycles. The van der Waals surface area contributed by atoms with Gasteiger partial charge in [0.25, 0.3) is 0 Å². The van der Waals surface area contributed by atoms with Crippen LogP contribution in [0.1, 0.15) is 349 Å². The number of carbonyl (C=O) groups is 3. The van der Waals surface area contributed by atoms with Crippen molar-refractivity contribution in [1.29, 1.82) is 0 Å². The van der Waals surface area contributed by atoms with Gasteiger partial charge in [0.15, 0.2) is 6.10 Å². The fourth-order valence-electron chi connectivity index (χ4n) is 9.58. The number of hydrogen-bond donors (Lipinski definition) is 0. The van der Waals surface area contributed by atoms with Gasteiger partial charge in [-0.2, -0.15) is 0 Å². The number of esters is 3.